The number of pyridine rings is 1. The Morgan fingerprint density at radius 3 is 2.81 bits per heavy atom. The molecule has 7 heteroatoms. The molecule has 0 radical (unpaired) electrons. The Kier molecular flexibility index (Phi) is 2.59. The summed E-state index contributed by atoms with van der Waals surface area (Å²) < 4.78 is 1.53. The largest absolute Gasteiger partial charge is 0.481 e. The molecule has 1 N–H and O–H groups in total. The Morgan fingerprint density at radius 2 is 2.31 bits per heavy atom. The Bertz CT molecular complexity index is 505. The minimum atomic E-state index is -0.904. The molecular weight excluding hydrogens is 210 g/mol. The maximum Gasteiger partial charge on any atom is 0.309 e. The first-order chi connectivity index (χ1) is 7.66. The zero-order valence-corrected chi connectivity index (χ0v) is 8.53. The minimum absolute atomic E-state index is 0.0884. The first-order valence-corrected chi connectivity index (χ1v) is 4.59. The second-order valence-corrected chi connectivity index (χ2v) is 3.22. The molecule has 82 valence electrons. The van der Waals surface area contributed by atoms with Crippen LogP contribution in [0.15, 0.2) is 18.3 Å². The van der Waals surface area contributed by atoms with Crippen molar-refractivity contribution in [1.29, 1.82) is 0 Å². The first kappa shape index (κ1) is 10.2. The summed E-state index contributed by atoms with van der Waals surface area (Å²) in [5.41, 5.74) is 1.21. The molecule has 0 bridgehead atoms. The van der Waals surface area contributed by atoms with E-state index in [4.69, 9.17) is 5.11 Å². The standard InChI is InChI=1S/C9H9N5O2/c1-6-11-12-13-14(6)8-3-2-7(10-5-8)4-9(15)16/h2-3,5H,4H2,1H3,(H,15,16). The average Bonchev–Trinajstić information content (AvgIpc) is 2.65. The van der Waals surface area contributed by atoms with E-state index < -0.39 is 5.97 Å². The SMILES string of the molecule is Cc1nnnn1-c1ccc(CC(=O)O)nc1. The molecule has 0 saturated carbocycles. The molecule has 0 saturated heterocycles. The summed E-state index contributed by atoms with van der Waals surface area (Å²) in [5.74, 6) is -0.258. The van der Waals surface area contributed by atoms with Crippen LogP contribution in [0.2, 0.25) is 0 Å². The second-order valence-electron chi connectivity index (χ2n) is 3.22. The van der Waals surface area contributed by atoms with Crippen molar-refractivity contribution in [2.45, 2.75) is 13.3 Å². The van der Waals surface area contributed by atoms with Crippen molar-refractivity contribution >= 4 is 5.97 Å². The van der Waals surface area contributed by atoms with Gasteiger partial charge < -0.3 is 5.11 Å². The number of aryl methyl sites for hydroxylation is 1. The van der Waals surface area contributed by atoms with Crippen LogP contribution in [0.1, 0.15) is 11.5 Å². The normalized spacial score (nSPS) is 10.3. The van der Waals surface area contributed by atoms with E-state index in [1.165, 1.54) is 4.68 Å². The lowest BCUT2D eigenvalue weighted by Gasteiger charge is -2.01. The Morgan fingerprint density at radius 1 is 1.50 bits per heavy atom. The second kappa shape index (κ2) is 4.05. The lowest BCUT2D eigenvalue weighted by molar-refractivity contribution is -0.136. The number of rotatable bonds is 3. The van der Waals surface area contributed by atoms with Crippen LogP contribution in [0.3, 0.4) is 0 Å². The summed E-state index contributed by atoms with van der Waals surface area (Å²) in [7, 11) is 0. The molecule has 0 aliphatic heterocycles. The van der Waals surface area contributed by atoms with Crippen LogP contribution >= 0.6 is 0 Å². The molecule has 2 aromatic heterocycles. The van der Waals surface area contributed by atoms with Crippen LogP contribution in [0.4, 0.5) is 0 Å². The molecule has 16 heavy (non-hydrogen) atoms. The summed E-state index contributed by atoms with van der Waals surface area (Å²) in [4.78, 5) is 14.5. The molecule has 0 fully saturated rings. The van der Waals surface area contributed by atoms with Gasteiger partial charge in [-0.3, -0.25) is 9.78 Å². The van der Waals surface area contributed by atoms with E-state index in [1.807, 2.05) is 0 Å². The van der Waals surface area contributed by atoms with Crippen molar-refractivity contribution in [2.24, 2.45) is 0 Å². The van der Waals surface area contributed by atoms with E-state index in [0.717, 1.165) is 0 Å². The number of carboxylic acid groups (broad SMARTS) is 1. The molecule has 0 amide bonds. The molecule has 2 aromatic rings. The topological polar surface area (TPSA) is 93.8 Å². The minimum Gasteiger partial charge on any atom is -0.481 e. The van der Waals surface area contributed by atoms with Crippen LogP contribution in [-0.2, 0) is 11.2 Å². The molecule has 0 aliphatic carbocycles. The van der Waals surface area contributed by atoms with E-state index in [9.17, 15) is 4.79 Å². The fourth-order valence-corrected chi connectivity index (χ4v) is 1.27. The molecule has 0 atom stereocenters. The number of tetrazole rings is 1. The lowest BCUT2D eigenvalue weighted by atomic mass is 10.2. The third kappa shape index (κ3) is 2.02. The van der Waals surface area contributed by atoms with Gasteiger partial charge in [0.2, 0.25) is 0 Å². The maximum atomic E-state index is 10.5. The van der Waals surface area contributed by atoms with Crippen LogP contribution in [0.5, 0.6) is 0 Å². The highest BCUT2D eigenvalue weighted by molar-refractivity contribution is 5.69. The summed E-state index contributed by atoms with van der Waals surface area (Å²) >= 11 is 0. The smallest absolute Gasteiger partial charge is 0.309 e. The quantitative estimate of drug-likeness (QED) is 0.780. The summed E-state index contributed by atoms with van der Waals surface area (Å²) in [6.07, 6.45) is 1.45. The van der Waals surface area contributed by atoms with Gasteiger partial charge in [-0.15, -0.1) is 5.10 Å². The molecule has 2 rings (SSSR count). The summed E-state index contributed by atoms with van der Waals surface area (Å²) in [6.45, 7) is 1.77. The van der Waals surface area contributed by atoms with Gasteiger partial charge in [0.1, 0.15) is 0 Å². The fourth-order valence-electron chi connectivity index (χ4n) is 1.27. The molecule has 0 spiro atoms. The zero-order chi connectivity index (χ0) is 11.5. The molecule has 0 unspecified atom stereocenters. The van der Waals surface area contributed by atoms with Crippen molar-refractivity contribution in [3.05, 3.63) is 29.8 Å². The Labute approximate surface area is 90.7 Å². The molecule has 0 aromatic carbocycles. The third-order valence-electron chi connectivity index (χ3n) is 2.01. The number of nitrogens with zero attached hydrogens (tertiary/aromatic N) is 5. The number of carboxylic acids is 1. The molecule has 7 nitrogen and oxygen atoms in total. The highest BCUT2D eigenvalue weighted by Gasteiger charge is 2.05. The van der Waals surface area contributed by atoms with Crippen molar-refractivity contribution in [3.63, 3.8) is 0 Å². The zero-order valence-electron chi connectivity index (χ0n) is 8.53. The number of hydrogen-bond donors (Lipinski definition) is 1. The molecule has 2 heterocycles. The number of carbonyl (C=O) groups is 1. The number of hydrogen-bond acceptors (Lipinski definition) is 5. The van der Waals surface area contributed by atoms with Crippen LogP contribution < -0.4 is 0 Å². The van der Waals surface area contributed by atoms with E-state index in [-0.39, 0.29) is 6.42 Å². The molecular formula is C9H9N5O2. The van der Waals surface area contributed by atoms with Gasteiger partial charge in [0, 0.05) is 0 Å². The van der Waals surface area contributed by atoms with E-state index >= 15 is 0 Å². The van der Waals surface area contributed by atoms with Crippen LogP contribution in [0.25, 0.3) is 5.69 Å². The summed E-state index contributed by atoms with van der Waals surface area (Å²) in [6, 6.07) is 3.37. The third-order valence-corrected chi connectivity index (χ3v) is 2.01. The van der Waals surface area contributed by atoms with E-state index in [2.05, 4.69) is 20.5 Å². The predicted molar refractivity (Wildman–Crippen MR) is 53.0 cm³/mol. The van der Waals surface area contributed by atoms with Crippen LogP contribution in [-0.4, -0.2) is 36.3 Å². The van der Waals surface area contributed by atoms with Crippen molar-refractivity contribution in [1.82, 2.24) is 25.2 Å². The molecule has 0 aliphatic rings. The predicted octanol–water partition coefficient (Wildman–Crippen LogP) is -0.00718. The van der Waals surface area contributed by atoms with Gasteiger partial charge in [-0.1, -0.05) is 0 Å². The highest BCUT2D eigenvalue weighted by atomic mass is 16.4. The van der Waals surface area contributed by atoms with Gasteiger partial charge in [-0.2, -0.15) is 4.68 Å². The van der Waals surface area contributed by atoms with Crippen molar-refractivity contribution < 1.29 is 9.90 Å². The van der Waals surface area contributed by atoms with Gasteiger partial charge in [0.25, 0.3) is 0 Å². The Balaban J connectivity index is 2.26. The van der Waals surface area contributed by atoms with Gasteiger partial charge in [-0.25, -0.2) is 0 Å². The average molecular weight is 219 g/mol. The number of aliphatic carboxylic acids is 1. The van der Waals surface area contributed by atoms with Crippen molar-refractivity contribution in [3.8, 4) is 5.69 Å². The van der Waals surface area contributed by atoms with Gasteiger partial charge >= 0.3 is 5.97 Å². The highest BCUT2D eigenvalue weighted by Crippen LogP contribution is 2.06. The van der Waals surface area contributed by atoms with Crippen LogP contribution in [0, 0.1) is 6.92 Å². The Hall–Kier alpha value is -2.31. The monoisotopic (exact) mass is 219 g/mol. The summed E-state index contributed by atoms with van der Waals surface area (Å²) in [5, 5.41) is 19.6. The van der Waals surface area contributed by atoms with Gasteiger partial charge in [-0.05, 0) is 29.5 Å². The van der Waals surface area contributed by atoms with E-state index in [0.29, 0.717) is 17.2 Å². The van der Waals surface area contributed by atoms with Gasteiger partial charge in [0.15, 0.2) is 5.82 Å². The van der Waals surface area contributed by atoms with E-state index in [1.54, 1.807) is 25.3 Å². The first-order valence-electron chi connectivity index (χ1n) is 4.59. The number of aromatic nitrogens is 5. The fraction of sp³-hybridized carbons (Fsp3) is 0.222. The van der Waals surface area contributed by atoms with Gasteiger partial charge in [0.05, 0.1) is 24.0 Å². The maximum absolute atomic E-state index is 10.5. The lowest BCUT2D eigenvalue weighted by Crippen LogP contribution is -2.04. The van der Waals surface area contributed by atoms with Crippen molar-refractivity contribution in [2.75, 3.05) is 0 Å².